The lowest BCUT2D eigenvalue weighted by Gasteiger charge is -2.23. The first-order valence-electron chi connectivity index (χ1n) is 11.6. The van der Waals surface area contributed by atoms with Crippen LogP contribution in [0.2, 0.25) is 0 Å². The van der Waals surface area contributed by atoms with Crippen molar-refractivity contribution in [2.45, 2.75) is 38.8 Å². The molecule has 1 atom stereocenters. The number of carbonyl (C=O) groups excluding carboxylic acids is 1. The number of fused-ring (bicyclic) bond motifs is 1. The Hall–Kier alpha value is -4.12. The molecule has 4 rings (SSSR count). The van der Waals surface area contributed by atoms with Crippen LogP contribution in [0, 0.1) is 6.92 Å². The van der Waals surface area contributed by atoms with E-state index in [-0.39, 0.29) is 30.2 Å². The molecule has 0 saturated heterocycles. The van der Waals surface area contributed by atoms with E-state index in [1.807, 2.05) is 6.20 Å². The Morgan fingerprint density at radius 2 is 2.03 bits per heavy atom. The van der Waals surface area contributed by atoms with E-state index in [9.17, 15) is 23.8 Å². The van der Waals surface area contributed by atoms with Crippen LogP contribution in [0.1, 0.15) is 34.1 Å². The summed E-state index contributed by atoms with van der Waals surface area (Å²) < 4.78 is 31.5. The Morgan fingerprint density at radius 1 is 1.24 bits per heavy atom. The number of aliphatic hydroxyl groups is 1. The van der Waals surface area contributed by atoms with E-state index in [0.29, 0.717) is 23.3 Å². The van der Waals surface area contributed by atoms with Gasteiger partial charge in [0, 0.05) is 42.5 Å². The van der Waals surface area contributed by atoms with Gasteiger partial charge in [0.05, 0.1) is 28.9 Å². The molecule has 1 unspecified atom stereocenters. The summed E-state index contributed by atoms with van der Waals surface area (Å²) in [7, 11) is 0. The molecule has 1 amide bonds. The number of benzene rings is 1. The number of hydrogen-bond donors (Lipinski definition) is 3. The molecule has 4 aromatic rings. The predicted molar refractivity (Wildman–Crippen MR) is 132 cm³/mol. The summed E-state index contributed by atoms with van der Waals surface area (Å²) >= 11 is 0. The lowest BCUT2D eigenvalue weighted by Crippen LogP contribution is -2.42. The first-order valence-corrected chi connectivity index (χ1v) is 11.6. The van der Waals surface area contributed by atoms with E-state index in [2.05, 4.69) is 20.4 Å². The normalized spacial score (nSPS) is 13.0. The molecule has 3 N–H and O–H groups in total. The van der Waals surface area contributed by atoms with Crippen LogP contribution in [-0.4, -0.2) is 61.0 Å². The molecule has 0 saturated carbocycles. The molecular weight excluding hydrogens is 484 g/mol. The highest BCUT2D eigenvalue weighted by Crippen LogP contribution is 2.22. The number of halogens is 2. The second-order valence-corrected chi connectivity index (χ2v) is 9.06. The minimum absolute atomic E-state index is 0.0582. The van der Waals surface area contributed by atoms with Gasteiger partial charge in [-0.3, -0.25) is 14.5 Å². The average molecular weight is 512 g/mol. The van der Waals surface area contributed by atoms with Gasteiger partial charge in [0.2, 0.25) is 5.88 Å². The molecule has 194 valence electrons. The summed E-state index contributed by atoms with van der Waals surface area (Å²) in [6.45, 7) is 2.94. The number of para-hydroxylation sites is 1. The molecule has 0 aliphatic carbocycles. The van der Waals surface area contributed by atoms with Crippen LogP contribution in [0.15, 0.2) is 55.0 Å². The van der Waals surface area contributed by atoms with Gasteiger partial charge < -0.3 is 20.3 Å². The van der Waals surface area contributed by atoms with Gasteiger partial charge in [-0.1, -0.05) is 12.1 Å². The maximum absolute atomic E-state index is 12.4. The number of ether oxygens (including phenoxy) is 1. The van der Waals surface area contributed by atoms with Crippen LogP contribution < -0.4 is 10.1 Å². The number of aryl methyl sites for hydroxylation is 1. The molecule has 0 bridgehead atoms. The standard InChI is InChI=1S/C26H27F2N5O4/c1-16-9-17(11-30-25(16)37-14-23(27)28)12-33-13-19-20(32-33)7-8-29-21(19)10-26(2,36)15-31-24(35)18-5-3-4-6-22(18)34/h3-9,11,13,23,34,36H,10,12,14-15H2,1-2H3,(H,31,35). The van der Waals surface area contributed by atoms with Crippen molar-refractivity contribution >= 4 is 16.8 Å². The Labute approximate surface area is 211 Å². The van der Waals surface area contributed by atoms with Crippen molar-refractivity contribution in [3.05, 3.63) is 77.4 Å². The monoisotopic (exact) mass is 511 g/mol. The third-order valence-electron chi connectivity index (χ3n) is 5.67. The van der Waals surface area contributed by atoms with Gasteiger partial charge in [0.25, 0.3) is 12.3 Å². The number of nitrogens with zero attached hydrogens (tertiary/aromatic N) is 4. The number of nitrogens with one attached hydrogen (secondary N) is 1. The van der Waals surface area contributed by atoms with Crippen LogP contribution in [0.4, 0.5) is 8.78 Å². The first kappa shape index (κ1) is 26.0. The first-order chi connectivity index (χ1) is 17.6. The van der Waals surface area contributed by atoms with Crippen molar-refractivity contribution in [1.29, 1.82) is 0 Å². The highest BCUT2D eigenvalue weighted by atomic mass is 19.3. The van der Waals surface area contributed by atoms with Crippen LogP contribution in [0.5, 0.6) is 11.6 Å². The highest BCUT2D eigenvalue weighted by Gasteiger charge is 2.25. The number of aromatic nitrogens is 4. The number of pyridine rings is 2. The summed E-state index contributed by atoms with van der Waals surface area (Å²) in [5.74, 6) is -0.468. The molecule has 0 radical (unpaired) electrons. The van der Waals surface area contributed by atoms with Gasteiger partial charge in [0.1, 0.15) is 5.75 Å². The molecule has 37 heavy (non-hydrogen) atoms. The zero-order valence-electron chi connectivity index (χ0n) is 20.4. The van der Waals surface area contributed by atoms with Crippen molar-refractivity contribution in [2.24, 2.45) is 0 Å². The van der Waals surface area contributed by atoms with E-state index in [0.717, 1.165) is 10.9 Å². The minimum atomic E-state index is -2.57. The van der Waals surface area contributed by atoms with Gasteiger partial charge in [-0.25, -0.2) is 13.8 Å². The van der Waals surface area contributed by atoms with E-state index in [1.54, 1.807) is 55.2 Å². The van der Waals surface area contributed by atoms with Crippen LogP contribution >= 0.6 is 0 Å². The maximum Gasteiger partial charge on any atom is 0.272 e. The number of hydrogen-bond acceptors (Lipinski definition) is 7. The number of carbonyl (C=O) groups is 1. The Kier molecular flexibility index (Phi) is 7.63. The zero-order valence-corrected chi connectivity index (χ0v) is 20.4. The van der Waals surface area contributed by atoms with Crippen LogP contribution in [0.3, 0.4) is 0 Å². The van der Waals surface area contributed by atoms with Crippen molar-refractivity contribution in [3.8, 4) is 11.6 Å². The van der Waals surface area contributed by atoms with Gasteiger partial charge in [0.15, 0.2) is 6.61 Å². The molecule has 0 spiro atoms. The number of aromatic hydroxyl groups is 1. The topological polar surface area (TPSA) is 122 Å². The largest absolute Gasteiger partial charge is 0.507 e. The van der Waals surface area contributed by atoms with E-state index < -0.39 is 24.5 Å². The molecule has 0 fully saturated rings. The molecule has 1 aromatic carbocycles. The molecule has 11 heteroatoms. The van der Waals surface area contributed by atoms with Gasteiger partial charge in [-0.05, 0) is 43.7 Å². The smallest absolute Gasteiger partial charge is 0.272 e. The Morgan fingerprint density at radius 3 is 2.76 bits per heavy atom. The molecule has 0 aliphatic rings. The summed E-state index contributed by atoms with van der Waals surface area (Å²) in [5.41, 5.74) is 1.54. The number of rotatable bonds is 10. The average Bonchev–Trinajstić information content (AvgIpc) is 3.25. The summed E-state index contributed by atoms with van der Waals surface area (Å²) in [6.07, 6.45) is 2.54. The van der Waals surface area contributed by atoms with E-state index >= 15 is 0 Å². The van der Waals surface area contributed by atoms with Gasteiger partial charge in [-0.2, -0.15) is 5.10 Å². The van der Waals surface area contributed by atoms with Crippen LogP contribution in [-0.2, 0) is 13.0 Å². The van der Waals surface area contributed by atoms with Gasteiger partial charge >= 0.3 is 0 Å². The van der Waals surface area contributed by atoms with Gasteiger partial charge in [-0.15, -0.1) is 0 Å². The summed E-state index contributed by atoms with van der Waals surface area (Å²) in [4.78, 5) is 21.0. The number of phenols is 1. The van der Waals surface area contributed by atoms with Crippen molar-refractivity contribution in [3.63, 3.8) is 0 Å². The lowest BCUT2D eigenvalue weighted by atomic mass is 9.98. The molecular formula is C26H27F2N5O4. The van der Waals surface area contributed by atoms with Crippen molar-refractivity contribution in [2.75, 3.05) is 13.2 Å². The molecule has 0 aliphatic heterocycles. The SMILES string of the molecule is Cc1cc(Cn2cc3c(CC(C)(O)CNC(=O)c4ccccc4O)nccc3n2)cnc1OCC(F)F. The molecule has 3 heterocycles. The fraction of sp³-hybridized carbons (Fsp3) is 0.308. The number of alkyl halides is 2. The predicted octanol–water partition coefficient (Wildman–Crippen LogP) is 3.26. The van der Waals surface area contributed by atoms with E-state index in [4.69, 9.17) is 4.74 Å². The summed E-state index contributed by atoms with van der Waals surface area (Å²) in [5, 5.41) is 28.8. The van der Waals surface area contributed by atoms with E-state index in [1.165, 1.54) is 12.1 Å². The zero-order chi connectivity index (χ0) is 26.6. The second kappa shape index (κ2) is 10.9. The summed E-state index contributed by atoms with van der Waals surface area (Å²) in [6, 6.07) is 9.74. The quantitative estimate of drug-likeness (QED) is 0.299. The fourth-order valence-corrected chi connectivity index (χ4v) is 3.91. The third kappa shape index (κ3) is 6.56. The fourth-order valence-electron chi connectivity index (χ4n) is 3.91. The molecule has 3 aromatic heterocycles. The van der Waals surface area contributed by atoms with Crippen LogP contribution in [0.25, 0.3) is 10.9 Å². The second-order valence-electron chi connectivity index (χ2n) is 9.06. The van der Waals surface area contributed by atoms with Crippen molar-refractivity contribution < 1.29 is 28.5 Å². The third-order valence-corrected chi connectivity index (χ3v) is 5.67. The highest BCUT2D eigenvalue weighted by molar-refractivity contribution is 5.96. The number of phenolic OH excluding ortho intramolecular Hbond substituents is 1. The Bertz CT molecular complexity index is 1410. The number of amides is 1. The minimum Gasteiger partial charge on any atom is -0.507 e. The maximum atomic E-state index is 12.4. The Balaban J connectivity index is 1.45. The van der Waals surface area contributed by atoms with Crippen molar-refractivity contribution in [1.82, 2.24) is 25.1 Å². The molecule has 9 nitrogen and oxygen atoms in total. The lowest BCUT2D eigenvalue weighted by molar-refractivity contribution is 0.0547.